The molecule has 1 heterocycles. The molecule has 3 heteroatoms. The molecule has 0 saturated heterocycles. The van der Waals surface area contributed by atoms with Gasteiger partial charge < -0.3 is 10.6 Å². The second kappa shape index (κ2) is 3.86. The fourth-order valence-corrected chi connectivity index (χ4v) is 2.45. The average Bonchev–Trinajstić information content (AvgIpc) is 2.64. The number of nitrogens with two attached hydrogens (primary N) is 1. The van der Waals surface area contributed by atoms with Crippen molar-refractivity contribution in [3.05, 3.63) is 42.0 Å². The van der Waals surface area contributed by atoms with E-state index in [1.54, 1.807) is 0 Å². The van der Waals surface area contributed by atoms with Gasteiger partial charge in [-0.25, -0.2) is 0 Å². The summed E-state index contributed by atoms with van der Waals surface area (Å²) in [6.07, 6.45) is 0.829. The molecule has 2 aromatic rings. The standard InChI is InChI=1S/C14H14N2O/c15-8-3-9-16-12-7-2-5-10-4-1-6-11(13(10)12)14(16)17/h1-2,4-7H,3,8-9,15H2. The van der Waals surface area contributed by atoms with E-state index in [4.69, 9.17) is 5.73 Å². The van der Waals surface area contributed by atoms with E-state index in [0.717, 1.165) is 28.4 Å². The van der Waals surface area contributed by atoms with Crippen molar-refractivity contribution in [3.63, 3.8) is 0 Å². The van der Waals surface area contributed by atoms with E-state index in [9.17, 15) is 4.79 Å². The molecule has 1 amide bonds. The van der Waals surface area contributed by atoms with Crippen molar-refractivity contribution >= 4 is 22.4 Å². The SMILES string of the molecule is NCCCN1C(=O)c2cccc3cccc1c23. The topological polar surface area (TPSA) is 46.3 Å². The molecule has 17 heavy (non-hydrogen) atoms. The molecule has 0 spiro atoms. The number of carbonyl (C=O) groups is 1. The number of hydrogen-bond donors (Lipinski definition) is 1. The molecule has 0 unspecified atom stereocenters. The van der Waals surface area contributed by atoms with E-state index < -0.39 is 0 Å². The predicted octanol–water partition coefficient (Wildman–Crippen LogP) is 2.15. The fraction of sp³-hybridized carbons (Fsp3) is 0.214. The largest absolute Gasteiger partial charge is 0.330 e. The minimum Gasteiger partial charge on any atom is -0.330 e. The molecule has 1 aliphatic heterocycles. The molecular weight excluding hydrogens is 212 g/mol. The number of rotatable bonds is 3. The molecular formula is C14H14N2O. The van der Waals surface area contributed by atoms with Gasteiger partial charge in [-0.05, 0) is 30.5 Å². The van der Waals surface area contributed by atoms with Gasteiger partial charge >= 0.3 is 0 Å². The lowest BCUT2D eigenvalue weighted by molar-refractivity contribution is 0.0993. The molecule has 3 nitrogen and oxygen atoms in total. The summed E-state index contributed by atoms with van der Waals surface area (Å²) in [6.45, 7) is 1.30. The highest BCUT2D eigenvalue weighted by molar-refractivity contribution is 6.24. The van der Waals surface area contributed by atoms with Crippen LogP contribution in [0.1, 0.15) is 16.8 Å². The molecule has 0 saturated carbocycles. The number of hydrogen-bond acceptors (Lipinski definition) is 2. The first-order chi connectivity index (χ1) is 8.33. The third-order valence-corrected chi connectivity index (χ3v) is 3.23. The average molecular weight is 226 g/mol. The molecule has 2 N–H and O–H groups in total. The summed E-state index contributed by atoms with van der Waals surface area (Å²) in [5.74, 6) is 0.102. The zero-order valence-electron chi connectivity index (χ0n) is 9.52. The van der Waals surface area contributed by atoms with Crippen molar-refractivity contribution < 1.29 is 4.79 Å². The molecule has 0 atom stereocenters. The molecule has 0 fully saturated rings. The smallest absolute Gasteiger partial charge is 0.258 e. The van der Waals surface area contributed by atoms with Crippen LogP contribution in [0, 0.1) is 0 Å². The zero-order valence-corrected chi connectivity index (χ0v) is 9.52. The molecule has 1 aliphatic rings. The summed E-state index contributed by atoms with van der Waals surface area (Å²) < 4.78 is 0. The second-order valence-electron chi connectivity index (χ2n) is 4.28. The van der Waals surface area contributed by atoms with Crippen LogP contribution < -0.4 is 10.6 Å². The normalized spacial score (nSPS) is 13.7. The Morgan fingerprint density at radius 1 is 1.12 bits per heavy atom. The maximum absolute atomic E-state index is 12.3. The van der Waals surface area contributed by atoms with Gasteiger partial charge in [0.1, 0.15) is 0 Å². The monoisotopic (exact) mass is 226 g/mol. The molecule has 0 radical (unpaired) electrons. The van der Waals surface area contributed by atoms with Crippen LogP contribution in [0.4, 0.5) is 5.69 Å². The molecule has 0 aromatic heterocycles. The first-order valence-electron chi connectivity index (χ1n) is 5.86. The minimum absolute atomic E-state index is 0.102. The zero-order chi connectivity index (χ0) is 11.8. The van der Waals surface area contributed by atoms with Crippen LogP contribution in [-0.2, 0) is 0 Å². The van der Waals surface area contributed by atoms with Gasteiger partial charge in [0.05, 0.1) is 5.69 Å². The lowest BCUT2D eigenvalue weighted by atomic mass is 10.1. The molecule has 86 valence electrons. The van der Waals surface area contributed by atoms with Crippen molar-refractivity contribution in [2.75, 3.05) is 18.0 Å². The third-order valence-electron chi connectivity index (χ3n) is 3.23. The van der Waals surface area contributed by atoms with Crippen LogP contribution in [0.15, 0.2) is 36.4 Å². The van der Waals surface area contributed by atoms with Gasteiger partial charge in [0, 0.05) is 17.5 Å². The number of anilines is 1. The van der Waals surface area contributed by atoms with Crippen molar-refractivity contribution in [3.8, 4) is 0 Å². The van der Waals surface area contributed by atoms with Crippen LogP contribution in [0.3, 0.4) is 0 Å². The van der Waals surface area contributed by atoms with Gasteiger partial charge in [-0.2, -0.15) is 0 Å². The summed E-state index contributed by atoms with van der Waals surface area (Å²) >= 11 is 0. The molecule has 0 aliphatic carbocycles. The summed E-state index contributed by atoms with van der Waals surface area (Å²) in [7, 11) is 0. The highest BCUT2D eigenvalue weighted by Gasteiger charge is 2.28. The Morgan fingerprint density at radius 3 is 2.65 bits per heavy atom. The number of nitrogens with zero attached hydrogens (tertiary/aromatic N) is 1. The Morgan fingerprint density at radius 2 is 1.88 bits per heavy atom. The quantitative estimate of drug-likeness (QED) is 0.871. The number of benzene rings is 2. The van der Waals surface area contributed by atoms with Crippen LogP contribution >= 0.6 is 0 Å². The second-order valence-corrected chi connectivity index (χ2v) is 4.28. The van der Waals surface area contributed by atoms with Gasteiger partial charge in [0.15, 0.2) is 0 Å². The van der Waals surface area contributed by atoms with Gasteiger partial charge in [0.2, 0.25) is 0 Å². The van der Waals surface area contributed by atoms with Gasteiger partial charge in [0.25, 0.3) is 5.91 Å². The van der Waals surface area contributed by atoms with Crippen molar-refractivity contribution in [1.29, 1.82) is 0 Å². The molecule has 0 bridgehead atoms. The van der Waals surface area contributed by atoms with E-state index in [2.05, 4.69) is 0 Å². The van der Waals surface area contributed by atoms with Crippen LogP contribution in [0.25, 0.3) is 10.8 Å². The van der Waals surface area contributed by atoms with Crippen LogP contribution in [0.5, 0.6) is 0 Å². The van der Waals surface area contributed by atoms with Gasteiger partial charge in [-0.1, -0.05) is 24.3 Å². The first-order valence-corrected chi connectivity index (χ1v) is 5.86. The summed E-state index contributed by atoms with van der Waals surface area (Å²) in [4.78, 5) is 14.1. The Kier molecular flexibility index (Phi) is 2.34. The lowest BCUT2D eigenvalue weighted by Crippen LogP contribution is -2.29. The number of carbonyl (C=O) groups excluding carboxylic acids is 1. The van der Waals surface area contributed by atoms with E-state index >= 15 is 0 Å². The van der Waals surface area contributed by atoms with Crippen LogP contribution in [-0.4, -0.2) is 19.0 Å². The Hall–Kier alpha value is -1.87. The summed E-state index contributed by atoms with van der Waals surface area (Å²) in [6, 6.07) is 11.9. The summed E-state index contributed by atoms with van der Waals surface area (Å²) in [5.41, 5.74) is 7.36. The Labute approximate surface area is 99.8 Å². The lowest BCUT2D eigenvalue weighted by Gasteiger charge is -2.16. The maximum Gasteiger partial charge on any atom is 0.258 e. The maximum atomic E-state index is 12.3. The Bertz CT molecular complexity index is 587. The summed E-state index contributed by atoms with van der Waals surface area (Å²) in [5, 5.41) is 2.21. The van der Waals surface area contributed by atoms with Gasteiger partial charge in [-0.15, -0.1) is 0 Å². The molecule has 3 rings (SSSR count). The first kappa shape index (κ1) is 10.3. The van der Waals surface area contributed by atoms with E-state index in [-0.39, 0.29) is 5.91 Å². The number of amides is 1. The minimum atomic E-state index is 0.102. The highest BCUT2D eigenvalue weighted by atomic mass is 16.2. The van der Waals surface area contributed by atoms with Gasteiger partial charge in [-0.3, -0.25) is 4.79 Å². The van der Waals surface area contributed by atoms with Crippen molar-refractivity contribution in [1.82, 2.24) is 0 Å². The highest BCUT2D eigenvalue weighted by Crippen LogP contribution is 2.36. The fourth-order valence-electron chi connectivity index (χ4n) is 2.45. The Balaban J connectivity index is 2.17. The molecule has 2 aromatic carbocycles. The van der Waals surface area contributed by atoms with Crippen molar-refractivity contribution in [2.24, 2.45) is 5.73 Å². The predicted molar refractivity (Wildman–Crippen MR) is 69.3 cm³/mol. The third kappa shape index (κ3) is 1.43. The van der Waals surface area contributed by atoms with Crippen LogP contribution in [0.2, 0.25) is 0 Å². The van der Waals surface area contributed by atoms with E-state index in [1.165, 1.54) is 0 Å². The van der Waals surface area contributed by atoms with E-state index in [1.807, 2.05) is 41.3 Å². The van der Waals surface area contributed by atoms with E-state index in [0.29, 0.717) is 13.1 Å². The van der Waals surface area contributed by atoms with Crippen molar-refractivity contribution in [2.45, 2.75) is 6.42 Å².